The molecule has 1 N–H and O–H groups in total. The normalized spacial score (nSPS) is 12.5. The SMILES string of the molecule is CCC(C)NC(=O)C(Cc1ccccc1)N(Cc1ccc(F)cc1)C(=O)CN(c1cccc(Cl)c1)S(=O)(=O)c1ccc(OC)cc1. The first-order chi connectivity index (χ1) is 22.0. The highest BCUT2D eigenvalue weighted by atomic mass is 35.5. The maximum Gasteiger partial charge on any atom is 0.264 e. The fraction of sp³-hybridized carbons (Fsp3) is 0.257. The van der Waals surface area contributed by atoms with Crippen molar-refractivity contribution in [3.05, 3.63) is 125 Å². The second-order valence-corrected chi connectivity index (χ2v) is 13.1. The lowest BCUT2D eigenvalue weighted by atomic mass is 10.0. The summed E-state index contributed by atoms with van der Waals surface area (Å²) < 4.78 is 48.3. The highest BCUT2D eigenvalue weighted by Crippen LogP contribution is 2.28. The molecule has 0 saturated carbocycles. The predicted molar refractivity (Wildman–Crippen MR) is 178 cm³/mol. The minimum atomic E-state index is -4.31. The number of hydrogen-bond donors (Lipinski definition) is 1. The topological polar surface area (TPSA) is 96.0 Å². The van der Waals surface area contributed by atoms with Crippen LogP contribution in [0.15, 0.2) is 108 Å². The summed E-state index contributed by atoms with van der Waals surface area (Å²) in [5.41, 5.74) is 1.54. The zero-order chi connectivity index (χ0) is 33.3. The number of carbonyl (C=O) groups excluding carboxylic acids is 2. The Bertz CT molecular complexity index is 1720. The molecular formula is C35H37ClFN3O5S. The van der Waals surface area contributed by atoms with Gasteiger partial charge in [0, 0.05) is 24.0 Å². The molecule has 0 aliphatic heterocycles. The van der Waals surface area contributed by atoms with E-state index in [9.17, 15) is 22.4 Å². The van der Waals surface area contributed by atoms with Gasteiger partial charge in [0.15, 0.2) is 0 Å². The summed E-state index contributed by atoms with van der Waals surface area (Å²) in [6, 6.07) is 25.7. The predicted octanol–water partition coefficient (Wildman–Crippen LogP) is 6.24. The summed E-state index contributed by atoms with van der Waals surface area (Å²) in [6.45, 7) is 3.09. The second kappa shape index (κ2) is 15.7. The van der Waals surface area contributed by atoms with E-state index in [-0.39, 0.29) is 40.5 Å². The maximum absolute atomic E-state index is 14.5. The van der Waals surface area contributed by atoms with E-state index in [0.717, 1.165) is 9.87 Å². The lowest BCUT2D eigenvalue weighted by molar-refractivity contribution is -0.140. The standard InChI is InChI=1S/C35H37ClFN3O5S/c1-4-25(2)38-35(42)33(21-26-9-6-5-7-10-26)39(23-27-13-15-29(37)16-14-27)34(41)24-40(30-12-8-11-28(36)22-30)46(43,44)32-19-17-31(45-3)18-20-32/h5-20,22,25,33H,4,21,23-24H2,1-3H3,(H,38,42). The number of benzene rings is 4. The first-order valence-corrected chi connectivity index (χ1v) is 16.6. The Kier molecular flexibility index (Phi) is 11.8. The molecule has 0 saturated heterocycles. The number of amides is 2. The average molecular weight is 666 g/mol. The fourth-order valence-electron chi connectivity index (χ4n) is 4.82. The maximum atomic E-state index is 14.5. The Balaban J connectivity index is 1.80. The van der Waals surface area contributed by atoms with Gasteiger partial charge in [0.2, 0.25) is 11.8 Å². The van der Waals surface area contributed by atoms with Crippen molar-refractivity contribution in [2.24, 2.45) is 0 Å². The van der Waals surface area contributed by atoms with E-state index in [4.69, 9.17) is 16.3 Å². The van der Waals surface area contributed by atoms with Gasteiger partial charge in [-0.2, -0.15) is 0 Å². The van der Waals surface area contributed by atoms with Crippen LogP contribution in [0.3, 0.4) is 0 Å². The first-order valence-electron chi connectivity index (χ1n) is 14.8. The summed E-state index contributed by atoms with van der Waals surface area (Å²) >= 11 is 6.27. The van der Waals surface area contributed by atoms with Gasteiger partial charge in [-0.15, -0.1) is 0 Å². The van der Waals surface area contributed by atoms with Crippen molar-refractivity contribution in [3.63, 3.8) is 0 Å². The van der Waals surface area contributed by atoms with Crippen molar-refractivity contribution in [2.75, 3.05) is 18.0 Å². The molecule has 4 rings (SSSR count). The van der Waals surface area contributed by atoms with E-state index in [1.807, 2.05) is 44.2 Å². The summed E-state index contributed by atoms with van der Waals surface area (Å²) in [4.78, 5) is 29.6. The third kappa shape index (κ3) is 8.86. The van der Waals surface area contributed by atoms with Crippen molar-refractivity contribution in [1.82, 2.24) is 10.2 Å². The minimum Gasteiger partial charge on any atom is -0.497 e. The first kappa shape index (κ1) is 34.5. The monoisotopic (exact) mass is 665 g/mol. The molecule has 4 aromatic carbocycles. The van der Waals surface area contributed by atoms with Crippen molar-refractivity contribution in [3.8, 4) is 5.75 Å². The molecule has 2 atom stereocenters. The third-order valence-electron chi connectivity index (χ3n) is 7.56. The molecule has 0 aromatic heterocycles. The van der Waals surface area contributed by atoms with E-state index in [1.54, 1.807) is 18.2 Å². The molecule has 11 heteroatoms. The van der Waals surface area contributed by atoms with Crippen LogP contribution < -0.4 is 14.4 Å². The van der Waals surface area contributed by atoms with Crippen LogP contribution in [0.5, 0.6) is 5.75 Å². The molecule has 8 nitrogen and oxygen atoms in total. The summed E-state index contributed by atoms with van der Waals surface area (Å²) in [6.07, 6.45) is 0.830. The molecule has 0 heterocycles. The molecule has 242 valence electrons. The molecule has 2 amide bonds. The second-order valence-electron chi connectivity index (χ2n) is 10.8. The lowest BCUT2D eigenvalue weighted by Crippen LogP contribution is -2.54. The molecule has 0 bridgehead atoms. The number of anilines is 1. The fourth-order valence-corrected chi connectivity index (χ4v) is 6.41. The Morgan fingerprint density at radius 2 is 1.59 bits per heavy atom. The van der Waals surface area contributed by atoms with Crippen LogP contribution in [0.25, 0.3) is 0 Å². The van der Waals surface area contributed by atoms with E-state index < -0.39 is 34.3 Å². The number of ether oxygens (including phenoxy) is 1. The highest BCUT2D eigenvalue weighted by Gasteiger charge is 2.35. The number of nitrogens with zero attached hydrogens (tertiary/aromatic N) is 2. The molecule has 0 aliphatic carbocycles. The van der Waals surface area contributed by atoms with Gasteiger partial charge in [-0.3, -0.25) is 13.9 Å². The van der Waals surface area contributed by atoms with Crippen LogP contribution in [0.1, 0.15) is 31.4 Å². The molecule has 4 aromatic rings. The molecule has 46 heavy (non-hydrogen) atoms. The quantitative estimate of drug-likeness (QED) is 0.172. The van der Waals surface area contributed by atoms with Gasteiger partial charge in [0.25, 0.3) is 10.0 Å². The van der Waals surface area contributed by atoms with Crippen LogP contribution in [0.4, 0.5) is 10.1 Å². The smallest absolute Gasteiger partial charge is 0.264 e. The highest BCUT2D eigenvalue weighted by molar-refractivity contribution is 7.92. The summed E-state index contributed by atoms with van der Waals surface area (Å²) in [5, 5.41) is 3.26. The number of methoxy groups -OCH3 is 1. The number of sulfonamides is 1. The molecule has 0 spiro atoms. The van der Waals surface area contributed by atoms with Gasteiger partial charge in [0.05, 0.1) is 17.7 Å². The van der Waals surface area contributed by atoms with Gasteiger partial charge in [0.1, 0.15) is 24.2 Å². The van der Waals surface area contributed by atoms with Crippen LogP contribution in [0.2, 0.25) is 5.02 Å². The summed E-state index contributed by atoms with van der Waals surface area (Å²) in [5.74, 6) is -1.01. The lowest BCUT2D eigenvalue weighted by Gasteiger charge is -2.34. The van der Waals surface area contributed by atoms with Gasteiger partial charge >= 0.3 is 0 Å². The van der Waals surface area contributed by atoms with Crippen LogP contribution in [0, 0.1) is 5.82 Å². The molecule has 2 unspecified atom stereocenters. The Morgan fingerprint density at radius 1 is 0.913 bits per heavy atom. The molecule has 0 fully saturated rings. The van der Waals surface area contributed by atoms with E-state index >= 15 is 0 Å². The zero-order valence-electron chi connectivity index (χ0n) is 25.9. The largest absolute Gasteiger partial charge is 0.497 e. The van der Waals surface area contributed by atoms with Gasteiger partial charge < -0.3 is 15.0 Å². The van der Waals surface area contributed by atoms with Crippen molar-refractivity contribution >= 4 is 39.1 Å². The van der Waals surface area contributed by atoms with Crippen LogP contribution in [-0.4, -0.2) is 50.9 Å². The number of carbonyl (C=O) groups is 2. The van der Waals surface area contributed by atoms with E-state index in [2.05, 4.69) is 5.32 Å². The Morgan fingerprint density at radius 3 is 2.20 bits per heavy atom. The van der Waals surface area contributed by atoms with Crippen LogP contribution in [-0.2, 0) is 32.6 Å². The number of nitrogens with one attached hydrogen (secondary N) is 1. The molecule has 0 aliphatic rings. The molecular weight excluding hydrogens is 629 g/mol. The van der Waals surface area contributed by atoms with E-state index in [1.165, 1.54) is 66.6 Å². The number of hydrogen-bond acceptors (Lipinski definition) is 5. The summed E-state index contributed by atoms with van der Waals surface area (Å²) in [7, 11) is -2.84. The molecule has 0 radical (unpaired) electrons. The van der Waals surface area contributed by atoms with Gasteiger partial charge in [-0.05, 0) is 79.1 Å². The van der Waals surface area contributed by atoms with Crippen molar-refractivity contribution in [1.29, 1.82) is 0 Å². The van der Waals surface area contributed by atoms with Crippen molar-refractivity contribution in [2.45, 2.75) is 50.2 Å². The minimum absolute atomic E-state index is 0.0680. The average Bonchev–Trinajstić information content (AvgIpc) is 3.06. The third-order valence-corrected chi connectivity index (χ3v) is 9.58. The van der Waals surface area contributed by atoms with Crippen LogP contribution >= 0.6 is 11.6 Å². The van der Waals surface area contributed by atoms with Gasteiger partial charge in [-0.1, -0.05) is 67.1 Å². The van der Waals surface area contributed by atoms with Crippen molar-refractivity contribution < 1.29 is 27.1 Å². The van der Waals surface area contributed by atoms with Gasteiger partial charge in [-0.25, -0.2) is 12.8 Å². The van der Waals surface area contributed by atoms with E-state index in [0.29, 0.717) is 17.7 Å². The Labute approximate surface area is 274 Å². The number of rotatable bonds is 14. The Hall–Kier alpha value is -4.41. The zero-order valence-corrected chi connectivity index (χ0v) is 27.5. The number of halogens is 2.